The second-order valence-corrected chi connectivity index (χ2v) is 4.04. The molecule has 0 aromatic carbocycles. The van der Waals surface area contributed by atoms with Crippen LogP contribution >= 0.6 is 0 Å². The van der Waals surface area contributed by atoms with Crippen molar-refractivity contribution in [2.24, 2.45) is 5.73 Å². The molecule has 0 radical (unpaired) electrons. The van der Waals surface area contributed by atoms with Gasteiger partial charge >= 0.3 is 0 Å². The zero-order valence-electron chi connectivity index (χ0n) is 9.51. The first-order valence-electron chi connectivity index (χ1n) is 5.83. The van der Waals surface area contributed by atoms with Crippen LogP contribution in [0.15, 0.2) is 24.5 Å². The monoisotopic (exact) mass is 221 g/mol. The molecule has 0 aliphatic carbocycles. The van der Waals surface area contributed by atoms with E-state index >= 15 is 0 Å². The van der Waals surface area contributed by atoms with Crippen LogP contribution in [0.5, 0.6) is 0 Å². The van der Waals surface area contributed by atoms with Crippen molar-refractivity contribution in [3.05, 3.63) is 30.1 Å². The van der Waals surface area contributed by atoms with E-state index in [9.17, 15) is 0 Å². The Hall–Kier alpha value is -0.970. The van der Waals surface area contributed by atoms with E-state index in [1.54, 1.807) is 6.20 Å². The van der Waals surface area contributed by atoms with Gasteiger partial charge in [-0.2, -0.15) is 0 Å². The molecule has 2 rings (SSSR count). The minimum Gasteiger partial charge on any atom is -0.380 e. The van der Waals surface area contributed by atoms with Gasteiger partial charge in [0.2, 0.25) is 0 Å². The highest BCUT2D eigenvalue weighted by molar-refractivity contribution is 5.14. The van der Waals surface area contributed by atoms with Crippen molar-refractivity contribution < 1.29 is 4.74 Å². The third kappa shape index (κ3) is 2.78. The summed E-state index contributed by atoms with van der Waals surface area (Å²) in [4.78, 5) is 6.55. The Labute approximate surface area is 96.4 Å². The number of nitrogens with zero attached hydrogens (tertiary/aromatic N) is 2. The molecule has 2 N–H and O–H groups in total. The average molecular weight is 221 g/mol. The van der Waals surface area contributed by atoms with Gasteiger partial charge in [-0.15, -0.1) is 0 Å². The standard InChI is InChI=1S/C12H19N3O/c13-9-12(11-3-1-4-14-10-11)15-5-2-7-16-8-6-15/h1,3-4,10,12H,2,5-9,13H2. The van der Waals surface area contributed by atoms with Gasteiger partial charge in [-0.3, -0.25) is 9.88 Å². The van der Waals surface area contributed by atoms with Crippen LogP contribution in [0.25, 0.3) is 0 Å². The van der Waals surface area contributed by atoms with E-state index in [4.69, 9.17) is 10.5 Å². The summed E-state index contributed by atoms with van der Waals surface area (Å²) in [5, 5.41) is 0. The van der Waals surface area contributed by atoms with Gasteiger partial charge in [0.1, 0.15) is 0 Å². The topological polar surface area (TPSA) is 51.4 Å². The lowest BCUT2D eigenvalue weighted by molar-refractivity contribution is 0.132. The number of ether oxygens (including phenoxy) is 1. The number of nitrogens with two attached hydrogens (primary N) is 1. The van der Waals surface area contributed by atoms with Gasteiger partial charge in [0.05, 0.1) is 6.61 Å². The number of rotatable bonds is 3. The predicted octanol–water partition coefficient (Wildman–Crippen LogP) is 0.804. The van der Waals surface area contributed by atoms with E-state index in [0.29, 0.717) is 6.54 Å². The fraction of sp³-hybridized carbons (Fsp3) is 0.583. The summed E-state index contributed by atoms with van der Waals surface area (Å²) in [6.07, 6.45) is 4.78. The SMILES string of the molecule is NCC(c1cccnc1)N1CCCOCC1. The van der Waals surface area contributed by atoms with E-state index in [1.165, 1.54) is 5.56 Å². The Morgan fingerprint density at radius 2 is 2.38 bits per heavy atom. The molecule has 4 heteroatoms. The van der Waals surface area contributed by atoms with Crippen LogP contribution in [-0.2, 0) is 4.74 Å². The molecule has 1 aromatic heterocycles. The largest absolute Gasteiger partial charge is 0.380 e. The first-order valence-corrected chi connectivity index (χ1v) is 5.83. The van der Waals surface area contributed by atoms with Gasteiger partial charge in [-0.25, -0.2) is 0 Å². The lowest BCUT2D eigenvalue weighted by atomic mass is 10.1. The minimum absolute atomic E-state index is 0.274. The molecule has 2 heterocycles. The molecule has 0 amide bonds. The Morgan fingerprint density at radius 3 is 3.12 bits per heavy atom. The summed E-state index contributed by atoms with van der Waals surface area (Å²) < 4.78 is 5.46. The zero-order valence-corrected chi connectivity index (χ0v) is 9.51. The van der Waals surface area contributed by atoms with Gasteiger partial charge in [0, 0.05) is 44.7 Å². The van der Waals surface area contributed by atoms with Gasteiger partial charge in [0.25, 0.3) is 0 Å². The van der Waals surface area contributed by atoms with Crippen molar-refractivity contribution in [1.29, 1.82) is 0 Å². The number of pyridine rings is 1. The summed E-state index contributed by atoms with van der Waals surface area (Å²) in [7, 11) is 0. The summed E-state index contributed by atoms with van der Waals surface area (Å²) in [5.74, 6) is 0. The molecule has 1 aliphatic heterocycles. The molecule has 0 bridgehead atoms. The number of aromatic nitrogens is 1. The molecule has 0 spiro atoms. The third-order valence-corrected chi connectivity index (χ3v) is 2.99. The van der Waals surface area contributed by atoms with Crippen LogP contribution in [0.3, 0.4) is 0 Å². The van der Waals surface area contributed by atoms with Gasteiger partial charge in [-0.05, 0) is 18.1 Å². The lowest BCUT2D eigenvalue weighted by Gasteiger charge is -2.29. The molecule has 0 saturated carbocycles. The molecule has 1 saturated heterocycles. The van der Waals surface area contributed by atoms with Crippen LogP contribution in [-0.4, -0.2) is 42.7 Å². The van der Waals surface area contributed by atoms with Crippen molar-refractivity contribution in [2.75, 3.05) is 32.8 Å². The lowest BCUT2D eigenvalue weighted by Crippen LogP contribution is -2.35. The van der Waals surface area contributed by atoms with E-state index in [-0.39, 0.29) is 6.04 Å². The maximum absolute atomic E-state index is 5.88. The number of hydrogen-bond acceptors (Lipinski definition) is 4. The van der Waals surface area contributed by atoms with Crippen molar-refractivity contribution in [1.82, 2.24) is 9.88 Å². The van der Waals surface area contributed by atoms with E-state index in [2.05, 4.69) is 16.0 Å². The van der Waals surface area contributed by atoms with Gasteiger partial charge in [0.15, 0.2) is 0 Å². The van der Waals surface area contributed by atoms with Gasteiger partial charge in [-0.1, -0.05) is 6.07 Å². The second-order valence-electron chi connectivity index (χ2n) is 4.04. The predicted molar refractivity (Wildman–Crippen MR) is 63.0 cm³/mol. The van der Waals surface area contributed by atoms with Crippen molar-refractivity contribution in [2.45, 2.75) is 12.5 Å². The quantitative estimate of drug-likeness (QED) is 0.820. The maximum Gasteiger partial charge on any atom is 0.0593 e. The Kier molecular flexibility index (Phi) is 4.27. The minimum atomic E-state index is 0.274. The average Bonchev–Trinajstić information content (AvgIpc) is 2.61. The highest BCUT2D eigenvalue weighted by Crippen LogP contribution is 2.19. The summed E-state index contributed by atoms with van der Waals surface area (Å²) in [5.41, 5.74) is 7.08. The Morgan fingerprint density at radius 1 is 1.44 bits per heavy atom. The van der Waals surface area contributed by atoms with Crippen LogP contribution in [0, 0.1) is 0 Å². The summed E-state index contributed by atoms with van der Waals surface area (Å²) in [6.45, 7) is 4.30. The normalized spacial score (nSPS) is 20.3. The van der Waals surface area contributed by atoms with Crippen molar-refractivity contribution in [3.8, 4) is 0 Å². The molecule has 88 valence electrons. The van der Waals surface area contributed by atoms with Crippen LogP contribution in [0.1, 0.15) is 18.0 Å². The third-order valence-electron chi connectivity index (χ3n) is 2.99. The van der Waals surface area contributed by atoms with Crippen molar-refractivity contribution in [3.63, 3.8) is 0 Å². The highest BCUT2D eigenvalue weighted by atomic mass is 16.5. The second kappa shape index (κ2) is 5.94. The fourth-order valence-electron chi connectivity index (χ4n) is 2.15. The zero-order chi connectivity index (χ0) is 11.2. The summed E-state index contributed by atoms with van der Waals surface area (Å²) >= 11 is 0. The molecule has 1 aliphatic rings. The summed E-state index contributed by atoms with van der Waals surface area (Å²) in [6, 6.07) is 4.33. The molecule has 1 aromatic rings. The van der Waals surface area contributed by atoms with Crippen molar-refractivity contribution >= 4 is 0 Å². The molecule has 4 nitrogen and oxygen atoms in total. The first kappa shape index (κ1) is 11.5. The molecular weight excluding hydrogens is 202 g/mol. The molecule has 16 heavy (non-hydrogen) atoms. The smallest absolute Gasteiger partial charge is 0.0593 e. The first-order chi connectivity index (χ1) is 7.92. The molecule has 1 unspecified atom stereocenters. The fourth-order valence-corrected chi connectivity index (χ4v) is 2.15. The van der Waals surface area contributed by atoms with Crippen LogP contribution in [0.4, 0.5) is 0 Å². The molecule has 1 fully saturated rings. The molecular formula is C12H19N3O. The Bertz CT molecular complexity index is 296. The van der Waals surface area contributed by atoms with E-state index < -0.39 is 0 Å². The maximum atomic E-state index is 5.88. The van der Waals surface area contributed by atoms with E-state index in [0.717, 1.165) is 32.7 Å². The van der Waals surface area contributed by atoms with Crippen LogP contribution < -0.4 is 5.73 Å². The van der Waals surface area contributed by atoms with Crippen LogP contribution in [0.2, 0.25) is 0 Å². The van der Waals surface area contributed by atoms with E-state index in [1.807, 2.05) is 12.3 Å². The Balaban J connectivity index is 2.09. The molecule has 1 atom stereocenters. The number of hydrogen-bond donors (Lipinski definition) is 1. The van der Waals surface area contributed by atoms with Gasteiger partial charge < -0.3 is 10.5 Å². The highest BCUT2D eigenvalue weighted by Gasteiger charge is 2.20.